The van der Waals surface area contributed by atoms with Crippen molar-refractivity contribution in [2.45, 2.75) is 6.92 Å². The topological polar surface area (TPSA) is 50.7 Å². The molecule has 1 aromatic carbocycles. The Kier molecular flexibility index (Phi) is 4.08. The largest absolute Gasteiger partial charge is 0.554 e. The molecule has 0 saturated carbocycles. The third-order valence-electron chi connectivity index (χ3n) is 1.38. The zero-order chi connectivity index (χ0) is 10.4. The molecule has 1 unspecified atom stereocenters. The number of para-hydroxylation sites is 1. The second-order valence-electron chi connectivity index (χ2n) is 2.64. The number of hydrazone groups is 1. The molecule has 0 aromatic heterocycles. The summed E-state index contributed by atoms with van der Waals surface area (Å²) in [6.07, 6.45) is 0. The molecule has 0 aliphatic carbocycles. The fraction of sp³-hybridized carbons (Fsp3) is 0.222. The summed E-state index contributed by atoms with van der Waals surface area (Å²) >= 11 is 0. The van der Waals surface area contributed by atoms with Gasteiger partial charge in [0.05, 0.1) is 5.69 Å². The lowest BCUT2D eigenvalue weighted by Crippen LogP contribution is -1.97. The Morgan fingerprint density at radius 3 is 2.64 bits per heavy atom. The van der Waals surface area contributed by atoms with Crippen LogP contribution in [-0.2, 0) is 9.09 Å². The lowest BCUT2D eigenvalue weighted by molar-refractivity contribution is 0.505. The van der Waals surface area contributed by atoms with Crippen LogP contribution in [0.1, 0.15) is 6.92 Å². The molecule has 0 amide bonds. The third kappa shape index (κ3) is 4.01. The normalized spacial score (nSPS) is 12.1. The van der Waals surface area contributed by atoms with Gasteiger partial charge >= 0.3 is 8.03 Å². The van der Waals surface area contributed by atoms with Crippen LogP contribution in [-0.4, -0.2) is 12.6 Å². The molecule has 1 aromatic rings. The van der Waals surface area contributed by atoms with Gasteiger partial charge in [0.15, 0.2) is 6.66 Å². The lowest BCUT2D eigenvalue weighted by atomic mass is 10.3. The molecule has 1 rings (SSSR count). The van der Waals surface area contributed by atoms with Crippen molar-refractivity contribution < 1.29 is 9.09 Å². The predicted octanol–water partition coefficient (Wildman–Crippen LogP) is 2.82. The maximum absolute atomic E-state index is 10.7. The zero-order valence-electron chi connectivity index (χ0n) is 8.10. The number of nitrogens with one attached hydrogen (secondary N) is 1. The van der Waals surface area contributed by atoms with Gasteiger partial charge < -0.3 is 0 Å². The maximum Gasteiger partial charge on any atom is 0.554 e. The van der Waals surface area contributed by atoms with E-state index < -0.39 is 8.03 Å². The van der Waals surface area contributed by atoms with Crippen LogP contribution < -0.4 is 5.43 Å². The molecule has 0 bridgehead atoms. The second kappa shape index (κ2) is 5.35. The summed E-state index contributed by atoms with van der Waals surface area (Å²) in [5, 5.41) is 3.90. The van der Waals surface area contributed by atoms with Crippen molar-refractivity contribution in [2.24, 2.45) is 5.10 Å². The molecule has 1 atom stereocenters. The van der Waals surface area contributed by atoms with E-state index in [0.29, 0.717) is 5.90 Å². The third-order valence-corrected chi connectivity index (χ3v) is 1.90. The summed E-state index contributed by atoms with van der Waals surface area (Å²) in [6, 6.07) is 9.47. The Hall–Kier alpha value is -1.41. The minimum atomic E-state index is -1.64. The van der Waals surface area contributed by atoms with E-state index >= 15 is 0 Å². The van der Waals surface area contributed by atoms with Gasteiger partial charge in [-0.05, 0) is 16.7 Å². The summed E-state index contributed by atoms with van der Waals surface area (Å²) in [7, 11) is -1.64. The van der Waals surface area contributed by atoms with Crippen LogP contribution in [0.5, 0.6) is 0 Å². The first-order chi connectivity index (χ1) is 6.68. The molecule has 0 radical (unpaired) electrons. The van der Waals surface area contributed by atoms with Crippen LogP contribution in [0, 0.1) is 0 Å². The summed E-state index contributed by atoms with van der Waals surface area (Å²) < 4.78 is 15.6. The Morgan fingerprint density at radius 2 is 2.07 bits per heavy atom. The summed E-state index contributed by atoms with van der Waals surface area (Å²) in [6.45, 7) is 3.13. The first kappa shape index (κ1) is 10.7. The van der Waals surface area contributed by atoms with E-state index in [2.05, 4.69) is 10.5 Å². The van der Waals surface area contributed by atoms with Crippen LogP contribution in [0.15, 0.2) is 35.4 Å². The monoisotopic (exact) mass is 211 g/mol. The first-order valence-electron chi connectivity index (χ1n) is 4.12. The molecule has 4 nitrogen and oxygen atoms in total. The van der Waals surface area contributed by atoms with E-state index in [-0.39, 0.29) is 0 Å². The lowest BCUT2D eigenvalue weighted by Gasteiger charge is -1.98. The van der Waals surface area contributed by atoms with Crippen molar-refractivity contribution in [3.8, 4) is 0 Å². The van der Waals surface area contributed by atoms with Gasteiger partial charge in [-0.15, -0.1) is 5.10 Å². The van der Waals surface area contributed by atoms with Crippen LogP contribution in [0.25, 0.3) is 0 Å². The molecule has 74 valence electrons. The highest BCUT2D eigenvalue weighted by Gasteiger charge is 2.08. The number of nitrogens with zero attached hydrogens (tertiary/aromatic N) is 1. The molecule has 0 aliphatic heterocycles. The molecule has 5 heteroatoms. The van der Waals surface area contributed by atoms with Crippen LogP contribution in [0.4, 0.5) is 5.69 Å². The van der Waals surface area contributed by atoms with E-state index in [9.17, 15) is 4.57 Å². The van der Waals surface area contributed by atoms with E-state index in [1.165, 1.54) is 6.66 Å². The Bertz CT molecular complexity index is 338. The molecule has 14 heavy (non-hydrogen) atoms. The smallest absolute Gasteiger partial charge is 0.275 e. The molecule has 0 heterocycles. The second-order valence-corrected chi connectivity index (χ2v) is 3.70. The number of anilines is 1. The van der Waals surface area contributed by atoms with E-state index in [1.54, 1.807) is 6.92 Å². The average Bonchev–Trinajstić information content (AvgIpc) is 2.15. The molecule has 0 aliphatic rings. The van der Waals surface area contributed by atoms with Crippen LogP contribution in [0.2, 0.25) is 0 Å². The van der Waals surface area contributed by atoms with Gasteiger partial charge in [0.1, 0.15) is 0 Å². The molecule has 0 saturated heterocycles. The number of benzene rings is 1. The van der Waals surface area contributed by atoms with E-state index in [0.717, 1.165) is 5.69 Å². The molecular formula is C9H12N2O2P+. The van der Waals surface area contributed by atoms with Crippen molar-refractivity contribution in [1.29, 1.82) is 0 Å². The van der Waals surface area contributed by atoms with Gasteiger partial charge in [0.25, 0.3) is 5.90 Å². The van der Waals surface area contributed by atoms with Crippen LogP contribution >= 0.6 is 8.03 Å². The molecule has 0 spiro atoms. The van der Waals surface area contributed by atoms with E-state index in [1.807, 2.05) is 30.3 Å². The number of rotatable bonds is 3. The Morgan fingerprint density at radius 1 is 1.43 bits per heavy atom. The fourth-order valence-corrected chi connectivity index (χ4v) is 1.28. The van der Waals surface area contributed by atoms with Gasteiger partial charge in [-0.1, -0.05) is 18.2 Å². The average molecular weight is 211 g/mol. The van der Waals surface area contributed by atoms with Crippen molar-refractivity contribution in [2.75, 3.05) is 12.1 Å². The van der Waals surface area contributed by atoms with Crippen molar-refractivity contribution in [3.63, 3.8) is 0 Å². The number of hydrogen-bond acceptors (Lipinski definition) is 4. The number of hydrogen-bond donors (Lipinski definition) is 1. The van der Waals surface area contributed by atoms with Crippen molar-refractivity contribution in [3.05, 3.63) is 30.3 Å². The minimum Gasteiger partial charge on any atom is -0.275 e. The van der Waals surface area contributed by atoms with Gasteiger partial charge in [-0.25, -0.2) is 4.52 Å². The quantitative estimate of drug-likeness (QED) is 0.362. The van der Waals surface area contributed by atoms with Crippen molar-refractivity contribution >= 4 is 19.6 Å². The summed E-state index contributed by atoms with van der Waals surface area (Å²) in [4.78, 5) is 0. The summed E-state index contributed by atoms with van der Waals surface area (Å²) in [5.74, 6) is 0.359. The molecular weight excluding hydrogens is 199 g/mol. The van der Waals surface area contributed by atoms with E-state index in [4.69, 9.17) is 4.52 Å². The molecule has 0 fully saturated rings. The highest BCUT2D eigenvalue weighted by Crippen LogP contribution is 2.15. The highest BCUT2D eigenvalue weighted by molar-refractivity contribution is 7.38. The standard InChI is InChI=1S/C9H12N2O2P/c1-8(13-14(2)12)10-11-9-6-4-3-5-7-9/h3-7,11H,1-2H3/q+1. The highest BCUT2D eigenvalue weighted by atomic mass is 31.1. The van der Waals surface area contributed by atoms with Crippen molar-refractivity contribution in [1.82, 2.24) is 0 Å². The first-order valence-corrected chi connectivity index (χ1v) is 5.75. The van der Waals surface area contributed by atoms with Crippen LogP contribution in [0.3, 0.4) is 0 Å². The predicted molar refractivity (Wildman–Crippen MR) is 57.8 cm³/mol. The Balaban J connectivity index is 2.51. The maximum atomic E-state index is 10.7. The van der Waals surface area contributed by atoms with Gasteiger partial charge in [0.2, 0.25) is 0 Å². The SMILES string of the molecule is CC(=NNc1ccccc1)O[P+](C)=O. The Labute approximate surface area is 83.8 Å². The zero-order valence-corrected chi connectivity index (χ0v) is 8.99. The minimum absolute atomic E-state index is 0.359. The summed E-state index contributed by atoms with van der Waals surface area (Å²) in [5.41, 5.74) is 3.65. The van der Waals surface area contributed by atoms with Gasteiger partial charge in [-0.2, -0.15) is 0 Å². The molecule has 1 N–H and O–H groups in total. The fourth-order valence-electron chi connectivity index (χ4n) is 0.862. The van der Waals surface area contributed by atoms with Gasteiger partial charge in [0, 0.05) is 6.92 Å². The van der Waals surface area contributed by atoms with Gasteiger partial charge in [-0.3, -0.25) is 5.43 Å².